The van der Waals surface area contributed by atoms with Crippen LogP contribution in [0.15, 0.2) is 18.2 Å². The van der Waals surface area contributed by atoms with E-state index in [9.17, 15) is 19.1 Å². The Labute approximate surface area is 122 Å². The maximum atomic E-state index is 13.8. The highest BCUT2D eigenvalue weighted by atomic mass is 19.1. The number of nitrogens with two attached hydrogens (primary N) is 1. The van der Waals surface area contributed by atoms with Gasteiger partial charge in [0.2, 0.25) is 0 Å². The van der Waals surface area contributed by atoms with E-state index in [2.05, 4.69) is 5.32 Å². The lowest BCUT2D eigenvalue weighted by Crippen LogP contribution is -2.50. The fourth-order valence-electron chi connectivity index (χ4n) is 3.05. The van der Waals surface area contributed by atoms with Crippen LogP contribution < -0.4 is 11.1 Å². The number of carboxylic acids is 1. The van der Waals surface area contributed by atoms with E-state index in [1.165, 1.54) is 12.1 Å². The minimum absolute atomic E-state index is 0.138. The topological polar surface area (TPSA) is 92.4 Å². The van der Waals surface area contributed by atoms with Crippen molar-refractivity contribution in [2.24, 2.45) is 11.7 Å². The lowest BCUT2D eigenvalue weighted by molar-refractivity contribution is -0.144. The molecule has 0 aromatic heterocycles. The van der Waals surface area contributed by atoms with Crippen LogP contribution in [0.5, 0.6) is 0 Å². The number of primary amides is 1. The Morgan fingerprint density at radius 2 is 2.19 bits per heavy atom. The van der Waals surface area contributed by atoms with Crippen molar-refractivity contribution in [2.75, 3.05) is 5.32 Å². The second-order valence-corrected chi connectivity index (χ2v) is 5.74. The number of rotatable bonds is 4. The Hall–Kier alpha value is -2.11. The van der Waals surface area contributed by atoms with Gasteiger partial charge in [-0.3, -0.25) is 4.79 Å². The van der Waals surface area contributed by atoms with Gasteiger partial charge in [-0.1, -0.05) is 25.8 Å². The van der Waals surface area contributed by atoms with E-state index < -0.39 is 23.2 Å². The van der Waals surface area contributed by atoms with Gasteiger partial charge >= 0.3 is 5.97 Å². The number of aliphatic carboxylic acids is 1. The van der Waals surface area contributed by atoms with Gasteiger partial charge in [0.1, 0.15) is 11.4 Å². The zero-order valence-electron chi connectivity index (χ0n) is 11.9. The SMILES string of the molecule is CC1CCCC(Nc2cccc(F)c2C(N)=O)(C(=O)O)C1. The molecule has 6 heteroatoms. The minimum atomic E-state index is -1.18. The zero-order chi connectivity index (χ0) is 15.6. The van der Waals surface area contributed by atoms with Gasteiger partial charge in [0.05, 0.1) is 11.3 Å². The molecule has 2 atom stereocenters. The van der Waals surface area contributed by atoms with Gasteiger partial charge in [0.25, 0.3) is 5.91 Å². The molecular formula is C15H19FN2O3. The Kier molecular flexibility index (Phi) is 4.16. The van der Waals surface area contributed by atoms with Crippen molar-refractivity contribution in [3.8, 4) is 0 Å². The summed E-state index contributed by atoms with van der Waals surface area (Å²) in [6.45, 7) is 1.99. The molecule has 114 valence electrons. The van der Waals surface area contributed by atoms with Gasteiger partial charge < -0.3 is 16.2 Å². The van der Waals surface area contributed by atoms with E-state index in [1.807, 2.05) is 6.92 Å². The largest absolute Gasteiger partial charge is 0.480 e. The summed E-state index contributed by atoms with van der Waals surface area (Å²) >= 11 is 0. The molecule has 1 aromatic rings. The predicted molar refractivity (Wildman–Crippen MR) is 76.5 cm³/mol. The van der Waals surface area contributed by atoms with Crippen molar-refractivity contribution >= 4 is 17.6 Å². The van der Waals surface area contributed by atoms with Gasteiger partial charge in [-0.05, 0) is 30.9 Å². The van der Waals surface area contributed by atoms with Crippen LogP contribution in [0.1, 0.15) is 43.0 Å². The van der Waals surface area contributed by atoms with E-state index in [4.69, 9.17) is 5.73 Å². The van der Waals surface area contributed by atoms with E-state index in [-0.39, 0.29) is 17.2 Å². The Morgan fingerprint density at radius 1 is 1.48 bits per heavy atom. The summed E-state index contributed by atoms with van der Waals surface area (Å²) in [4.78, 5) is 23.1. The van der Waals surface area contributed by atoms with Crippen molar-refractivity contribution < 1.29 is 19.1 Å². The standard InChI is InChI=1S/C15H19FN2O3/c1-9-4-3-7-15(8-9,14(20)21)18-11-6-2-5-10(16)12(11)13(17)19/h2,5-6,9,18H,3-4,7-8H2,1H3,(H2,17,19)(H,20,21). The van der Waals surface area contributed by atoms with Crippen LogP contribution in [0.4, 0.5) is 10.1 Å². The van der Waals surface area contributed by atoms with Gasteiger partial charge in [-0.15, -0.1) is 0 Å². The van der Waals surface area contributed by atoms with Crippen LogP contribution in [0.25, 0.3) is 0 Å². The van der Waals surface area contributed by atoms with Crippen LogP contribution in [0, 0.1) is 11.7 Å². The number of hydrogen-bond acceptors (Lipinski definition) is 3. The maximum Gasteiger partial charge on any atom is 0.329 e. The number of benzene rings is 1. The van der Waals surface area contributed by atoms with Crippen molar-refractivity contribution in [1.82, 2.24) is 0 Å². The first kappa shape index (κ1) is 15.3. The molecule has 0 radical (unpaired) electrons. The summed E-state index contributed by atoms with van der Waals surface area (Å²) in [5, 5.41) is 12.5. The third kappa shape index (κ3) is 2.99. The van der Waals surface area contributed by atoms with Crippen LogP contribution >= 0.6 is 0 Å². The molecule has 5 nitrogen and oxygen atoms in total. The molecule has 21 heavy (non-hydrogen) atoms. The molecule has 1 amide bonds. The van der Waals surface area contributed by atoms with Crippen LogP contribution in [-0.4, -0.2) is 22.5 Å². The summed E-state index contributed by atoms with van der Waals surface area (Å²) in [5.41, 5.74) is 3.86. The lowest BCUT2D eigenvalue weighted by atomic mass is 9.76. The molecule has 0 aliphatic heterocycles. The van der Waals surface area contributed by atoms with E-state index >= 15 is 0 Å². The van der Waals surface area contributed by atoms with Crippen molar-refractivity contribution in [2.45, 2.75) is 38.1 Å². The fourth-order valence-corrected chi connectivity index (χ4v) is 3.05. The fraction of sp³-hybridized carbons (Fsp3) is 0.467. The minimum Gasteiger partial charge on any atom is -0.480 e. The molecule has 0 heterocycles. The van der Waals surface area contributed by atoms with Gasteiger partial charge in [0, 0.05) is 0 Å². The van der Waals surface area contributed by atoms with E-state index in [1.54, 1.807) is 0 Å². The van der Waals surface area contributed by atoms with E-state index in [0.717, 1.165) is 18.9 Å². The maximum absolute atomic E-state index is 13.8. The molecule has 2 rings (SSSR count). The molecule has 1 aromatic carbocycles. The van der Waals surface area contributed by atoms with Gasteiger partial charge in [-0.2, -0.15) is 0 Å². The average molecular weight is 294 g/mol. The monoisotopic (exact) mass is 294 g/mol. The number of carboxylic acid groups (broad SMARTS) is 1. The van der Waals surface area contributed by atoms with Gasteiger partial charge in [0.15, 0.2) is 0 Å². The molecule has 1 aliphatic carbocycles. The van der Waals surface area contributed by atoms with Gasteiger partial charge in [-0.25, -0.2) is 9.18 Å². The smallest absolute Gasteiger partial charge is 0.329 e. The first-order valence-corrected chi connectivity index (χ1v) is 6.95. The number of anilines is 1. The second-order valence-electron chi connectivity index (χ2n) is 5.74. The highest BCUT2D eigenvalue weighted by Crippen LogP contribution is 2.36. The zero-order valence-corrected chi connectivity index (χ0v) is 11.9. The first-order valence-electron chi connectivity index (χ1n) is 6.95. The Morgan fingerprint density at radius 3 is 2.76 bits per heavy atom. The summed E-state index contributed by atoms with van der Waals surface area (Å²) < 4.78 is 13.8. The van der Waals surface area contributed by atoms with Crippen molar-refractivity contribution in [3.05, 3.63) is 29.6 Å². The first-order chi connectivity index (χ1) is 9.85. The summed E-state index contributed by atoms with van der Waals surface area (Å²) in [5.74, 6) is -2.42. The highest BCUT2D eigenvalue weighted by Gasteiger charge is 2.42. The van der Waals surface area contributed by atoms with E-state index in [0.29, 0.717) is 12.8 Å². The molecule has 2 unspecified atom stereocenters. The molecule has 0 spiro atoms. The average Bonchev–Trinajstić information content (AvgIpc) is 2.38. The molecular weight excluding hydrogens is 275 g/mol. The molecule has 0 saturated heterocycles. The molecule has 0 bridgehead atoms. The molecule has 1 aliphatic rings. The Bertz CT molecular complexity index is 576. The second kappa shape index (κ2) is 5.71. The van der Waals surface area contributed by atoms with Crippen LogP contribution in [-0.2, 0) is 4.79 Å². The molecule has 1 saturated carbocycles. The third-order valence-electron chi connectivity index (χ3n) is 4.04. The summed E-state index contributed by atoms with van der Waals surface area (Å²) in [6, 6.07) is 4.03. The predicted octanol–water partition coefficient (Wildman–Crippen LogP) is 2.37. The lowest BCUT2D eigenvalue weighted by Gasteiger charge is -2.38. The summed E-state index contributed by atoms with van der Waals surface area (Å²) in [7, 11) is 0. The number of hydrogen-bond donors (Lipinski definition) is 3. The summed E-state index contributed by atoms with van der Waals surface area (Å²) in [6.07, 6.45) is 2.59. The third-order valence-corrected chi connectivity index (χ3v) is 4.04. The number of amides is 1. The number of carbonyl (C=O) groups excluding carboxylic acids is 1. The quantitative estimate of drug-likeness (QED) is 0.795. The Balaban J connectivity index is 2.41. The molecule has 4 N–H and O–H groups in total. The van der Waals surface area contributed by atoms with Crippen molar-refractivity contribution in [1.29, 1.82) is 0 Å². The number of halogens is 1. The van der Waals surface area contributed by atoms with Crippen molar-refractivity contribution in [3.63, 3.8) is 0 Å². The highest BCUT2D eigenvalue weighted by molar-refractivity contribution is 5.99. The van der Waals surface area contributed by atoms with Crippen LogP contribution in [0.3, 0.4) is 0 Å². The van der Waals surface area contributed by atoms with Crippen LogP contribution in [0.2, 0.25) is 0 Å². The number of carbonyl (C=O) groups is 2. The molecule has 1 fully saturated rings. The normalized spacial score (nSPS) is 25.3. The number of nitrogens with one attached hydrogen (secondary N) is 1.